The Morgan fingerprint density at radius 2 is 1.76 bits per heavy atom. The minimum absolute atomic E-state index is 0.0739. The van der Waals surface area contributed by atoms with Gasteiger partial charge < -0.3 is 9.67 Å². The summed E-state index contributed by atoms with van der Waals surface area (Å²) in [7, 11) is 0. The Kier molecular flexibility index (Phi) is 2.91. The van der Waals surface area contributed by atoms with Crippen molar-refractivity contribution in [3.63, 3.8) is 0 Å². The largest absolute Gasteiger partial charge is 0.478 e. The third-order valence-electron chi connectivity index (χ3n) is 3.28. The number of carboxylic acid groups (broad SMARTS) is 1. The standard InChI is InChI=1S/C15H10N2O4/c18-15(19)11-9-16(12-6-2-1-5-10(11)12)13-7-3-4-8-14(13)17(20)21/h1-9H,(H,18,19). The molecule has 0 radical (unpaired) electrons. The van der Waals surface area contributed by atoms with Crippen molar-refractivity contribution in [2.75, 3.05) is 0 Å². The second kappa shape index (κ2) is 4.75. The van der Waals surface area contributed by atoms with Gasteiger partial charge in [-0.1, -0.05) is 30.3 Å². The molecule has 3 aromatic rings. The van der Waals surface area contributed by atoms with E-state index >= 15 is 0 Å². The number of nitrogens with zero attached hydrogens (tertiary/aromatic N) is 2. The number of fused-ring (bicyclic) bond motifs is 1. The van der Waals surface area contributed by atoms with Crippen LogP contribution < -0.4 is 0 Å². The van der Waals surface area contributed by atoms with Crippen LogP contribution in [0.2, 0.25) is 0 Å². The first-order valence-electron chi connectivity index (χ1n) is 6.17. The Hall–Kier alpha value is -3.15. The topological polar surface area (TPSA) is 85.4 Å². The molecule has 1 aromatic heterocycles. The zero-order valence-corrected chi connectivity index (χ0v) is 10.8. The molecule has 6 heteroatoms. The van der Waals surface area contributed by atoms with E-state index < -0.39 is 10.9 Å². The maximum atomic E-state index is 11.3. The van der Waals surface area contributed by atoms with E-state index in [2.05, 4.69) is 0 Å². The molecule has 0 aliphatic rings. The normalized spacial score (nSPS) is 10.7. The lowest BCUT2D eigenvalue weighted by molar-refractivity contribution is -0.384. The highest BCUT2D eigenvalue weighted by atomic mass is 16.6. The van der Waals surface area contributed by atoms with Crippen molar-refractivity contribution >= 4 is 22.6 Å². The summed E-state index contributed by atoms with van der Waals surface area (Å²) in [6.07, 6.45) is 1.41. The van der Waals surface area contributed by atoms with Crippen LogP contribution in [0.25, 0.3) is 16.6 Å². The highest BCUT2D eigenvalue weighted by Gasteiger charge is 2.19. The number of rotatable bonds is 3. The lowest BCUT2D eigenvalue weighted by Gasteiger charge is -2.05. The molecule has 1 N–H and O–H groups in total. The van der Waals surface area contributed by atoms with E-state index in [1.807, 2.05) is 0 Å². The number of nitro groups is 1. The van der Waals surface area contributed by atoms with Crippen LogP contribution in [0.1, 0.15) is 10.4 Å². The first kappa shape index (κ1) is 12.9. The SMILES string of the molecule is O=C(O)c1cn(-c2ccccc2[N+](=O)[O-])c2ccccc12. The smallest absolute Gasteiger partial charge is 0.337 e. The number of hydrogen-bond acceptors (Lipinski definition) is 3. The molecule has 3 rings (SSSR count). The maximum Gasteiger partial charge on any atom is 0.337 e. The molecule has 0 saturated heterocycles. The fraction of sp³-hybridized carbons (Fsp3) is 0. The molecule has 0 unspecified atom stereocenters. The first-order chi connectivity index (χ1) is 10.1. The van der Waals surface area contributed by atoms with Gasteiger partial charge in [0, 0.05) is 17.6 Å². The van der Waals surface area contributed by atoms with Crippen LogP contribution in [0.3, 0.4) is 0 Å². The number of carboxylic acids is 1. The van der Waals surface area contributed by atoms with Crippen LogP contribution in [0.15, 0.2) is 54.7 Å². The first-order valence-corrected chi connectivity index (χ1v) is 6.17. The molecule has 0 fully saturated rings. The van der Waals surface area contributed by atoms with Gasteiger partial charge in [0.05, 0.1) is 16.0 Å². The van der Waals surface area contributed by atoms with Crippen LogP contribution in [-0.4, -0.2) is 20.6 Å². The number of hydrogen-bond donors (Lipinski definition) is 1. The molecule has 0 spiro atoms. The molecule has 0 atom stereocenters. The second-order valence-electron chi connectivity index (χ2n) is 4.48. The summed E-state index contributed by atoms with van der Waals surface area (Å²) in [5.41, 5.74) is 0.995. The Morgan fingerprint density at radius 1 is 1.10 bits per heavy atom. The van der Waals surface area contributed by atoms with Gasteiger partial charge in [0.2, 0.25) is 0 Å². The average molecular weight is 282 g/mol. The summed E-state index contributed by atoms with van der Waals surface area (Å²) < 4.78 is 1.54. The summed E-state index contributed by atoms with van der Waals surface area (Å²) in [6, 6.07) is 13.2. The molecule has 1 heterocycles. The molecule has 0 aliphatic heterocycles. The average Bonchev–Trinajstić information content (AvgIpc) is 2.87. The minimum atomic E-state index is -1.07. The molecule has 0 bridgehead atoms. The van der Waals surface area contributed by atoms with Gasteiger partial charge in [-0.05, 0) is 12.1 Å². The number of para-hydroxylation sites is 3. The summed E-state index contributed by atoms with van der Waals surface area (Å²) in [4.78, 5) is 22.0. The number of carbonyl (C=O) groups is 1. The molecule has 0 saturated carbocycles. The molecule has 0 aliphatic carbocycles. The van der Waals surface area contributed by atoms with Crippen LogP contribution in [-0.2, 0) is 0 Å². The molecule has 2 aromatic carbocycles. The molecule has 0 amide bonds. The van der Waals surface area contributed by atoms with E-state index in [4.69, 9.17) is 0 Å². The molecule has 104 valence electrons. The number of nitro benzene ring substituents is 1. The van der Waals surface area contributed by atoms with Crippen molar-refractivity contribution in [3.05, 3.63) is 70.4 Å². The van der Waals surface area contributed by atoms with Gasteiger partial charge in [-0.2, -0.15) is 0 Å². The monoisotopic (exact) mass is 282 g/mol. The summed E-state index contributed by atoms with van der Waals surface area (Å²) in [6.45, 7) is 0. The van der Waals surface area contributed by atoms with Crippen LogP contribution in [0.4, 0.5) is 5.69 Å². The molecule has 21 heavy (non-hydrogen) atoms. The third-order valence-corrected chi connectivity index (χ3v) is 3.28. The van der Waals surface area contributed by atoms with E-state index in [0.717, 1.165) is 0 Å². The highest BCUT2D eigenvalue weighted by Crippen LogP contribution is 2.29. The van der Waals surface area contributed by atoms with Crippen molar-refractivity contribution < 1.29 is 14.8 Å². The number of aromatic nitrogens is 1. The van der Waals surface area contributed by atoms with E-state index in [-0.39, 0.29) is 11.3 Å². The zero-order chi connectivity index (χ0) is 15.0. The van der Waals surface area contributed by atoms with E-state index in [1.165, 1.54) is 16.8 Å². The third kappa shape index (κ3) is 2.02. The molecular weight excluding hydrogens is 272 g/mol. The van der Waals surface area contributed by atoms with Gasteiger partial charge in [0.15, 0.2) is 0 Å². The lowest BCUT2D eigenvalue weighted by Crippen LogP contribution is -1.99. The van der Waals surface area contributed by atoms with Gasteiger partial charge in [0.25, 0.3) is 5.69 Å². The second-order valence-corrected chi connectivity index (χ2v) is 4.48. The van der Waals surface area contributed by atoms with Crippen molar-refractivity contribution in [1.82, 2.24) is 4.57 Å². The predicted octanol–water partition coefficient (Wildman–Crippen LogP) is 3.24. The maximum absolute atomic E-state index is 11.3. The summed E-state index contributed by atoms with van der Waals surface area (Å²) in [5, 5.41) is 21.0. The Bertz CT molecular complexity index is 867. The van der Waals surface area contributed by atoms with Gasteiger partial charge in [-0.25, -0.2) is 4.79 Å². The predicted molar refractivity (Wildman–Crippen MR) is 76.9 cm³/mol. The summed E-state index contributed by atoms with van der Waals surface area (Å²) in [5.74, 6) is -1.07. The van der Waals surface area contributed by atoms with Crippen molar-refractivity contribution in [3.8, 4) is 5.69 Å². The van der Waals surface area contributed by atoms with Crippen molar-refractivity contribution in [2.45, 2.75) is 0 Å². The van der Waals surface area contributed by atoms with Gasteiger partial charge in [-0.15, -0.1) is 0 Å². The Labute approximate surface area is 119 Å². The fourth-order valence-corrected chi connectivity index (χ4v) is 2.37. The summed E-state index contributed by atoms with van der Waals surface area (Å²) >= 11 is 0. The highest BCUT2D eigenvalue weighted by molar-refractivity contribution is 6.04. The number of benzene rings is 2. The minimum Gasteiger partial charge on any atom is -0.478 e. The van der Waals surface area contributed by atoms with Crippen LogP contribution in [0, 0.1) is 10.1 Å². The lowest BCUT2D eigenvalue weighted by atomic mass is 10.2. The van der Waals surface area contributed by atoms with E-state index in [0.29, 0.717) is 16.6 Å². The Morgan fingerprint density at radius 3 is 2.48 bits per heavy atom. The van der Waals surface area contributed by atoms with Gasteiger partial charge >= 0.3 is 5.97 Å². The van der Waals surface area contributed by atoms with Crippen molar-refractivity contribution in [2.24, 2.45) is 0 Å². The quantitative estimate of drug-likeness (QED) is 0.590. The zero-order valence-electron chi connectivity index (χ0n) is 10.8. The van der Waals surface area contributed by atoms with Crippen molar-refractivity contribution in [1.29, 1.82) is 0 Å². The van der Waals surface area contributed by atoms with Crippen LogP contribution in [0.5, 0.6) is 0 Å². The van der Waals surface area contributed by atoms with Gasteiger partial charge in [-0.3, -0.25) is 10.1 Å². The van der Waals surface area contributed by atoms with E-state index in [1.54, 1.807) is 42.5 Å². The number of aromatic carboxylic acids is 1. The fourth-order valence-electron chi connectivity index (χ4n) is 2.37. The van der Waals surface area contributed by atoms with Gasteiger partial charge in [0.1, 0.15) is 5.69 Å². The molecular formula is C15H10N2O4. The van der Waals surface area contributed by atoms with Crippen LogP contribution >= 0.6 is 0 Å². The molecule has 6 nitrogen and oxygen atoms in total. The van der Waals surface area contributed by atoms with E-state index in [9.17, 15) is 20.0 Å². The Balaban J connectivity index is 2.37.